The Labute approximate surface area is 208 Å². The molecule has 2 aromatic rings. The van der Waals surface area contributed by atoms with Gasteiger partial charge in [-0.1, -0.05) is 0 Å². The zero-order chi connectivity index (χ0) is 24.6. The number of hydrogen-bond acceptors (Lipinski definition) is 5. The average molecular weight is 498 g/mol. The van der Waals surface area contributed by atoms with E-state index in [1.54, 1.807) is 6.20 Å². The number of rotatable bonds is 4. The standard InChI is InChI=1S/C27H30F3N5O/c28-22-8-23(35-11-16-1-2-17(12-35)33-16)24(25(29)30)18-4-3-15(7-20(18)22)34-27(36)14-6-21-19-5-13(19)9-31-26(21)32-10-14/h6,8,10,13,15-17,19,25,33H,1-5,7,9,11-12H2,(H,31,32)(H,34,36)/t13-,15-,16?,17?,19-/m1/s1. The van der Waals surface area contributed by atoms with Crippen molar-refractivity contribution in [3.05, 3.63) is 52.0 Å². The highest BCUT2D eigenvalue weighted by atomic mass is 19.3. The van der Waals surface area contributed by atoms with Gasteiger partial charge in [0.25, 0.3) is 12.3 Å². The normalized spacial score (nSPS) is 29.8. The Morgan fingerprint density at radius 2 is 1.94 bits per heavy atom. The smallest absolute Gasteiger partial charge is 0.266 e. The maximum absolute atomic E-state index is 15.4. The number of amides is 1. The maximum atomic E-state index is 15.4. The summed E-state index contributed by atoms with van der Waals surface area (Å²) >= 11 is 0. The summed E-state index contributed by atoms with van der Waals surface area (Å²) in [7, 11) is 0. The number of hydrogen-bond donors (Lipinski definition) is 3. The monoisotopic (exact) mass is 497 g/mol. The molecule has 2 unspecified atom stereocenters. The van der Waals surface area contributed by atoms with Crippen LogP contribution in [-0.4, -0.2) is 48.7 Å². The lowest BCUT2D eigenvalue weighted by Gasteiger charge is -2.37. The Kier molecular flexibility index (Phi) is 5.20. The van der Waals surface area contributed by atoms with Gasteiger partial charge in [-0.3, -0.25) is 4.79 Å². The van der Waals surface area contributed by atoms with Crippen LogP contribution in [-0.2, 0) is 12.8 Å². The summed E-state index contributed by atoms with van der Waals surface area (Å²) in [4.78, 5) is 19.4. The van der Waals surface area contributed by atoms with Crippen molar-refractivity contribution >= 4 is 17.4 Å². The molecule has 9 heteroatoms. The zero-order valence-electron chi connectivity index (χ0n) is 20.0. The number of piperazine rings is 1. The Hall–Kier alpha value is -2.81. The summed E-state index contributed by atoms with van der Waals surface area (Å²) in [5.41, 5.74) is 2.65. The summed E-state index contributed by atoms with van der Waals surface area (Å²) in [6, 6.07) is 3.45. The molecule has 7 rings (SSSR count). The van der Waals surface area contributed by atoms with E-state index in [9.17, 15) is 13.6 Å². The van der Waals surface area contributed by atoms with Crippen LogP contribution in [0.5, 0.6) is 0 Å². The maximum Gasteiger partial charge on any atom is 0.266 e. The molecule has 4 heterocycles. The van der Waals surface area contributed by atoms with Crippen LogP contribution in [0, 0.1) is 11.7 Å². The first-order valence-corrected chi connectivity index (χ1v) is 13.1. The lowest BCUT2D eigenvalue weighted by atomic mass is 9.83. The van der Waals surface area contributed by atoms with Gasteiger partial charge >= 0.3 is 0 Å². The van der Waals surface area contributed by atoms with Gasteiger partial charge in [-0.15, -0.1) is 0 Å². The van der Waals surface area contributed by atoms with Crippen molar-refractivity contribution in [2.24, 2.45) is 5.92 Å². The first-order chi connectivity index (χ1) is 17.4. The third-order valence-electron chi connectivity index (χ3n) is 8.85. The Morgan fingerprint density at radius 1 is 1.14 bits per heavy atom. The number of fused-ring (bicyclic) bond motifs is 6. The Morgan fingerprint density at radius 3 is 2.72 bits per heavy atom. The van der Waals surface area contributed by atoms with E-state index in [1.165, 1.54) is 6.07 Å². The summed E-state index contributed by atoms with van der Waals surface area (Å²) in [5, 5.41) is 9.83. The largest absolute Gasteiger partial charge is 0.370 e. The zero-order valence-corrected chi connectivity index (χ0v) is 20.0. The third-order valence-corrected chi connectivity index (χ3v) is 8.85. The molecule has 190 valence electrons. The number of pyridine rings is 1. The molecule has 2 bridgehead atoms. The Balaban J connectivity index is 1.12. The van der Waals surface area contributed by atoms with Crippen molar-refractivity contribution in [3.63, 3.8) is 0 Å². The SMILES string of the molecule is O=C(N[C@@H]1CCc2c(c(F)cc(N3CC4CCC(C3)N4)c2C(F)F)C1)c1cnc2c(c1)[C@@H]1C[C@@H]1CN2. The molecular formula is C27H30F3N5O. The summed E-state index contributed by atoms with van der Waals surface area (Å²) in [6.07, 6.45) is 3.10. The number of benzene rings is 1. The molecule has 5 atom stereocenters. The second-order valence-corrected chi connectivity index (χ2v) is 11.2. The molecule has 36 heavy (non-hydrogen) atoms. The van der Waals surface area contributed by atoms with Crippen molar-refractivity contribution in [1.82, 2.24) is 15.6 Å². The van der Waals surface area contributed by atoms with E-state index in [-0.39, 0.29) is 36.0 Å². The molecule has 3 N–H and O–H groups in total. The fraction of sp³-hybridized carbons (Fsp3) is 0.556. The number of halogens is 3. The molecule has 2 aliphatic carbocycles. The summed E-state index contributed by atoms with van der Waals surface area (Å²) < 4.78 is 44.1. The molecule has 0 radical (unpaired) electrons. The van der Waals surface area contributed by atoms with Crippen LogP contribution in [0.15, 0.2) is 18.3 Å². The second-order valence-electron chi connectivity index (χ2n) is 11.2. The van der Waals surface area contributed by atoms with Crippen molar-refractivity contribution in [1.29, 1.82) is 0 Å². The molecule has 3 fully saturated rings. The topological polar surface area (TPSA) is 69.3 Å². The number of carbonyl (C=O) groups is 1. The highest BCUT2D eigenvalue weighted by Crippen LogP contribution is 2.52. The molecular weight excluding hydrogens is 467 g/mol. The molecule has 3 aliphatic heterocycles. The van der Waals surface area contributed by atoms with Gasteiger partial charge < -0.3 is 20.9 Å². The van der Waals surface area contributed by atoms with Crippen LogP contribution < -0.4 is 20.9 Å². The van der Waals surface area contributed by atoms with Crippen LogP contribution >= 0.6 is 0 Å². The van der Waals surface area contributed by atoms with Gasteiger partial charge in [0, 0.05) is 55.2 Å². The van der Waals surface area contributed by atoms with E-state index >= 15 is 4.39 Å². The van der Waals surface area contributed by atoms with Crippen molar-refractivity contribution < 1.29 is 18.0 Å². The number of carbonyl (C=O) groups excluding carboxylic acids is 1. The van der Waals surface area contributed by atoms with Crippen molar-refractivity contribution in [2.45, 2.75) is 69.0 Å². The van der Waals surface area contributed by atoms with Gasteiger partial charge in [-0.05, 0) is 79.2 Å². The van der Waals surface area contributed by atoms with Gasteiger partial charge in [0.2, 0.25) is 0 Å². The highest BCUT2D eigenvalue weighted by Gasteiger charge is 2.43. The van der Waals surface area contributed by atoms with Gasteiger partial charge in [0.1, 0.15) is 11.6 Å². The fourth-order valence-corrected chi connectivity index (χ4v) is 6.93. The minimum atomic E-state index is -2.67. The van der Waals surface area contributed by atoms with E-state index in [1.807, 2.05) is 11.0 Å². The minimum Gasteiger partial charge on any atom is -0.370 e. The summed E-state index contributed by atoms with van der Waals surface area (Å²) in [6.45, 7) is 2.18. The number of nitrogens with one attached hydrogen (secondary N) is 3. The van der Waals surface area contributed by atoms with Crippen LogP contribution in [0.2, 0.25) is 0 Å². The molecule has 6 nitrogen and oxygen atoms in total. The van der Waals surface area contributed by atoms with E-state index < -0.39 is 12.2 Å². The third kappa shape index (κ3) is 3.74. The quantitative estimate of drug-likeness (QED) is 0.598. The number of aromatic nitrogens is 1. The van der Waals surface area contributed by atoms with Gasteiger partial charge in [0.15, 0.2) is 0 Å². The van der Waals surface area contributed by atoms with E-state index in [2.05, 4.69) is 20.9 Å². The molecule has 1 amide bonds. The molecule has 2 saturated heterocycles. The average Bonchev–Trinajstić information content (AvgIpc) is 3.60. The highest BCUT2D eigenvalue weighted by molar-refractivity contribution is 5.94. The predicted molar refractivity (Wildman–Crippen MR) is 130 cm³/mol. The lowest BCUT2D eigenvalue weighted by molar-refractivity contribution is 0.0932. The molecule has 1 saturated carbocycles. The molecule has 1 aromatic carbocycles. The van der Waals surface area contributed by atoms with Crippen LogP contribution in [0.4, 0.5) is 24.7 Å². The fourth-order valence-electron chi connectivity index (χ4n) is 6.93. The number of alkyl halides is 2. The first-order valence-electron chi connectivity index (χ1n) is 13.1. The van der Waals surface area contributed by atoms with E-state index in [0.29, 0.717) is 60.1 Å². The van der Waals surface area contributed by atoms with Crippen LogP contribution in [0.3, 0.4) is 0 Å². The van der Waals surface area contributed by atoms with Crippen molar-refractivity contribution in [3.8, 4) is 0 Å². The lowest BCUT2D eigenvalue weighted by Crippen LogP contribution is -2.51. The number of nitrogens with zero attached hydrogens (tertiary/aromatic N) is 2. The van der Waals surface area contributed by atoms with Crippen LogP contribution in [0.1, 0.15) is 70.6 Å². The molecule has 5 aliphatic rings. The van der Waals surface area contributed by atoms with Crippen LogP contribution in [0.25, 0.3) is 0 Å². The number of anilines is 2. The minimum absolute atomic E-state index is 0.0251. The van der Waals surface area contributed by atoms with Crippen molar-refractivity contribution in [2.75, 3.05) is 29.9 Å². The predicted octanol–water partition coefficient (Wildman–Crippen LogP) is 3.92. The van der Waals surface area contributed by atoms with E-state index in [4.69, 9.17) is 0 Å². The Bertz CT molecular complexity index is 1220. The molecule has 0 spiro atoms. The van der Waals surface area contributed by atoms with Gasteiger partial charge in [-0.2, -0.15) is 0 Å². The summed E-state index contributed by atoms with van der Waals surface area (Å²) in [5.74, 6) is 1.26. The van der Waals surface area contributed by atoms with Gasteiger partial charge in [0.05, 0.1) is 5.56 Å². The molecule has 1 aromatic heterocycles. The van der Waals surface area contributed by atoms with Gasteiger partial charge in [-0.25, -0.2) is 18.2 Å². The second kappa shape index (κ2) is 8.36. The van der Waals surface area contributed by atoms with E-state index in [0.717, 1.165) is 37.2 Å². The first kappa shape index (κ1) is 22.4.